The maximum atomic E-state index is 12.2. The van der Waals surface area contributed by atoms with Crippen LogP contribution in [-0.4, -0.2) is 32.2 Å². The highest BCUT2D eigenvalue weighted by atomic mass is 32.1. The minimum absolute atomic E-state index is 0.249. The van der Waals surface area contributed by atoms with E-state index in [9.17, 15) is 4.79 Å². The van der Waals surface area contributed by atoms with E-state index in [-0.39, 0.29) is 5.91 Å². The van der Waals surface area contributed by atoms with Crippen LogP contribution in [-0.2, 0) is 6.54 Å². The summed E-state index contributed by atoms with van der Waals surface area (Å²) >= 11 is 5.10. The van der Waals surface area contributed by atoms with Gasteiger partial charge in [-0.05, 0) is 29.8 Å². The van der Waals surface area contributed by atoms with E-state index >= 15 is 0 Å². The molecule has 0 aliphatic carbocycles. The van der Waals surface area contributed by atoms with Gasteiger partial charge in [0.05, 0.1) is 26.9 Å². The lowest BCUT2D eigenvalue weighted by Crippen LogP contribution is -2.23. The molecule has 6 nitrogen and oxygen atoms in total. The number of hydrogen-bond acceptors (Lipinski definition) is 5. The average Bonchev–Trinajstić information content (AvgIpc) is 2.58. The van der Waals surface area contributed by atoms with Crippen LogP contribution in [0.3, 0.4) is 0 Å². The first-order chi connectivity index (χ1) is 11.1. The number of methoxy groups -OCH3 is 3. The van der Waals surface area contributed by atoms with Gasteiger partial charge >= 0.3 is 0 Å². The fourth-order valence-corrected chi connectivity index (χ4v) is 2.34. The first-order valence-corrected chi connectivity index (χ1v) is 7.26. The maximum absolute atomic E-state index is 12.2. The summed E-state index contributed by atoms with van der Waals surface area (Å²) in [5.74, 6) is 1.33. The molecule has 0 atom stereocenters. The Hall–Kier alpha value is -2.54. The van der Waals surface area contributed by atoms with Crippen LogP contribution in [0.15, 0.2) is 30.5 Å². The summed E-state index contributed by atoms with van der Waals surface area (Å²) in [4.78, 5) is 15.0. The lowest BCUT2D eigenvalue weighted by molar-refractivity contribution is 0.0950. The van der Waals surface area contributed by atoms with Gasteiger partial charge in [0.1, 0.15) is 4.64 Å². The SMILES string of the molecule is COc1cc(CNC(=O)c2ccc[nH]c2=S)cc(OC)c1OC. The molecule has 0 unspecified atom stereocenters. The smallest absolute Gasteiger partial charge is 0.254 e. The van der Waals surface area contributed by atoms with Gasteiger partial charge < -0.3 is 24.5 Å². The van der Waals surface area contributed by atoms with Crippen LogP contribution >= 0.6 is 12.2 Å². The van der Waals surface area contributed by atoms with E-state index in [0.29, 0.717) is 34.0 Å². The van der Waals surface area contributed by atoms with Gasteiger partial charge in [-0.25, -0.2) is 0 Å². The normalized spacial score (nSPS) is 10.0. The van der Waals surface area contributed by atoms with Crippen LogP contribution in [0.2, 0.25) is 0 Å². The van der Waals surface area contributed by atoms with Crippen molar-refractivity contribution in [2.75, 3.05) is 21.3 Å². The fraction of sp³-hybridized carbons (Fsp3) is 0.250. The molecule has 2 aromatic rings. The molecule has 0 spiro atoms. The van der Waals surface area contributed by atoms with Crippen molar-refractivity contribution in [2.45, 2.75) is 6.54 Å². The van der Waals surface area contributed by atoms with Gasteiger partial charge in [-0.15, -0.1) is 0 Å². The van der Waals surface area contributed by atoms with Gasteiger partial charge in [0.25, 0.3) is 5.91 Å². The summed E-state index contributed by atoms with van der Waals surface area (Å²) < 4.78 is 16.2. The number of aromatic amines is 1. The third-order valence-electron chi connectivity index (χ3n) is 3.24. The highest BCUT2D eigenvalue weighted by Gasteiger charge is 2.14. The second-order valence-corrected chi connectivity index (χ2v) is 5.04. The molecule has 0 aliphatic heterocycles. The molecule has 1 amide bonds. The molecule has 0 radical (unpaired) electrons. The summed E-state index contributed by atoms with van der Waals surface area (Å²) in [5.41, 5.74) is 1.24. The summed E-state index contributed by atoms with van der Waals surface area (Å²) in [7, 11) is 4.63. The van der Waals surface area contributed by atoms with Crippen molar-refractivity contribution in [3.05, 3.63) is 46.2 Å². The Bertz CT molecular complexity index is 733. The van der Waals surface area contributed by atoms with Gasteiger partial charge in [0.15, 0.2) is 11.5 Å². The second-order valence-electron chi connectivity index (χ2n) is 4.63. The predicted octanol–water partition coefficient (Wildman–Crippen LogP) is 2.70. The Morgan fingerprint density at radius 3 is 2.35 bits per heavy atom. The Kier molecular flexibility index (Phi) is 5.59. The van der Waals surface area contributed by atoms with Crippen molar-refractivity contribution >= 4 is 18.1 Å². The first-order valence-electron chi connectivity index (χ1n) is 6.85. The molecule has 0 aliphatic rings. The molecule has 1 aromatic heterocycles. The molecular weight excluding hydrogens is 316 g/mol. The molecular formula is C16H18N2O4S. The number of carbonyl (C=O) groups is 1. The molecule has 7 heteroatoms. The zero-order valence-corrected chi connectivity index (χ0v) is 14.0. The Labute approximate surface area is 139 Å². The molecule has 23 heavy (non-hydrogen) atoms. The minimum atomic E-state index is -0.249. The highest BCUT2D eigenvalue weighted by Crippen LogP contribution is 2.38. The molecule has 1 heterocycles. The number of pyridine rings is 1. The Balaban J connectivity index is 2.19. The lowest BCUT2D eigenvalue weighted by Gasteiger charge is -2.14. The number of carbonyl (C=O) groups excluding carboxylic acids is 1. The van der Waals surface area contributed by atoms with E-state index in [2.05, 4.69) is 10.3 Å². The van der Waals surface area contributed by atoms with E-state index in [1.807, 2.05) is 0 Å². The van der Waals surface area contributed by atoms with Crippen molar-refractivity contribution in [3.8, 4) is 17.2 Å². The molecule has 2 rings (SSSR count). The third kappa shape index (κ3) is 3.81. The van der Waals surface area contributed by atoms with Gasteiger partial charge in [-0.1, -0.05) is 12.2 Å². The zero-order valence-electron chi connectivity index (χ0n) is 13.1. The van der Waals surface area contributed by atoms with Crippen molar-refractivity contribution < 1.29 is 19.0 Å². The lowest BCUT2D eigenvalue weighted by atomic mass is 10.1. The van der Waals surface area contributed by atoms with Crippen LogP contribution in [0.4, 0.5) is 0 Å². The molecule has 0 fully saturated rings. The molecule has 0 saturated heterocycles. The van der Waals surface area contributed by atoms with Crippen LogP contribution in [0, 0.1) is 4.64 Å². The Morgan fingerprint density at radius 1 is 1.17 bits per heavy atom. The first kappa shape index (κ1) is 16.8. The number of hydrogen-bond donors (Lipinski definition) is 2. The van der Waals surface area contributed by atoms with Crippen molar-refractivity contribution in [3.63, 3.8) is 0 Å². The standard InChI is InChI=1S/C16H18N2O4S/c1-20-12-7-10(8-13(21-2)14(12)22-3)9-18-15(19)11-5-4-6-17-16(11)23/h4-8H,9H2,1-3H3,(H,17,23)(H,18,19). The number of benzene rings is 1. The van der Waals surface area contributed by atoms with Gasteiger partial charge in [-0.2, -0.15) is 0 Å². The number of nitrogens with one attached hydrogen (secondary N) is 2. The number of amides is 1. The molecule has 122 valence electrons. The fourth-order valence-electron chi connectivity index (χ4n) is 2.12. The summed E-state index contributed by atoms with van der Waals surface area (Å²) in [5, 5.41) is 2.82. The average molecular weight is 334 g/mol. The van der Waals surface area contributed by atoms with Gasteiger partial charge in [-0.3, -0.25) is 4.79 Å². The number of rotatable bonds is 6. The van der Waals surface area contributed by atoms with E-state index in [1.54, 1.807) is 51.8 Å². The van der Waals surface area contributed by atoms with Gasteiger partial charge in [0, 0.05) is 12.7 Å². The summed E-state index contributed by atoms with van der Waals surface area (Å²) in [6, 6.07) is 6.97. The highest BCUT2D eigenvalue weighted by molar-refractivity contribution is 7.71. The van der Waals surface area contributed by atoms with Crippen LogP contribution < -0.4 is 19.5 Å². The second kappa shape index (κ2) is 7.64. The van der Waals surface area contributed by atoms with E-state index < -0.39 is 0 Å². The van der Waals surface area contributed by atoms with E-state index in [0.717, 1.165) is 5.56 Å². The van der Waals surface area contributed by atoms with E-state index in [1.165, 1.54) is 0 Å². The number of aromatic nitrogens is 1. The summed E-state index contributed by atoms with van der Waals surface area (Å²) in [6.07, 6.45) is 1.68. The van der Waals surface area contributed by atoms with Crippen molar-refractivity contribution in [1.82, 2.24) is 10.3 Å². The van der Waals surface area contributed by atoms with Crippen LogP contribution in [0.5, 0.6) is 17.2 Å². The molecule has 2 N–H and O–H groups in total. The van der Waals surface area contributed by atoms with Crippen molar-refractivity contribution in [2.24, 2.45) is 0 Å². The predicted molar refractivity (Wildman–Crippen MR) is 88.9 cm³/mol. The van der Waals surface area contributed by atoms with Crippen molar-refractivity contribution in [1.29, 1.82) is 0 Å². The zero-order chi connectivity index (χ0) is 16.8. The topological polar surface area (TPSA) is 72.6 Å². The largest absolute Gasteiger partial charge is 0.493 e. The van der Waals surface area contributed by atoms with Crippen LogP contribution in [0.25, 0.3) is 0 Å². The molecule has 0 saturated carbocycles. The third-order valence-corrected chi connectivity index (χ3v) is 3.58. The van der Waals surface area contributed by atoms with Gasteiger partial charge in [0.2, 0.25) is 5.75 Å². The molecule has 0 bridgehead atoms. The summed E-state index contributed by atoms with van der Waals surface area (Å²) in [6.45, 7) is 0.305. The quantitative estimate of drug-likeness (QED) is 0.795. The minimum Gasteiger partial charge on any atom is -0.493 e. The Morgan fingerprint density at radius 2 is 1.83 bits per heavy atom. The van der Waals surface area contributed by atoms with Crippen LogP contribution in [0.1, 0.15) is 15.9 Å². The number of H-pyrrole nitrogens is 1. The van der Waals surface area contributed by atoms with E-state index in [4.69, 9.17) is 26.4 Å². The molecule has 1 aromatic carbocycles. The maximum Gasteiger partial charge on any atom is 0.254 e. The monoisotopic (exact) mass is 334 g/mol. The number of ether oxygens (including phenoxy) is 3.